The van der Waals surface area contributed by atoms with Crippen molar-refractivity contribution in [2.75, 3.05) is 0 Å². The van der Waals surface area contributed by atoms with Gasteiger partial charge in [0.05, 0.1) is 5.56 Å². The molecule has 0 saturated carbocycles. The third-order valence-corrected chi connectivity index (χ3v) is 2.67. The van der Waals surface area contributed by atoms with Crippen LogP contribution in [0.4, 0.5) is 4.39 Å². The van der Waals surface area contributed by atoms with Gasteiger partial charge in [-0.15, -0.1) is 0 Å². The first kappa shape index (κ1) is 12.5. The van der Waals surface area contributed by atoms with E-state index in [9.17, 15) is 4.39 Å². The summed E-state index contributed by atoms with van der Waals surface area (Å²) < 4.78 is 23.7. The Balaban J connectivity index is 1.91. The van der Waals surface area contributed by atoms with Crippen LogP contribution in [-0.2, 0) is 6.42 Å². The Bertz CT molecular complexity index is 722. The highest BCUT2D eigenvalue weighted by atomic mass is 19.1. The Labute approximate surface area is 113 Å². The average Bonchev–Trinajstić information content (AvgIpc) is 3.08. The van der Waals surface area contributed by atoms with Crippen molar-refractivity contribution in [3.05, 3.63) is 35.9 Å². The number of halogens is 1. The highest BCUT2D eigenvalue weighted by Gasteiger charge is 2.18. The monoisotopic (exact) mass is 274 g/mol. The van der Waals surface area contributed by atoms with E-state index in [1.54, 1.807) is 18.2 Å². The molecular weight excluding hydrogens is 263 g/mol. The largest absolute Gasteiger partial charge is 0.329 e. The Kier molecular flexibility index (Phi) is 3.24. The lowest BCUT2D eigenvalue weighted by Gasteiger charge is -1.94. The summed E-state index contributed by atoms with van der Waals surface area (Å²) in [7, 11) is 0. The quantitative estimate of drug-likeness (QED) is 0.728. The first-order chi connectivity index (χ1) is 9.78. The smallest absolute Gasteiger partial charge is 0.316 e. The number of benzene rings is 1. The van der Waals surface area contributed by atoms with Gasteiger partial charge in [-0.25, -0.2) is 4.39 Å². The molecule has 2 aromatic heterocycles. The molecule has 0 spiro atoms. The van der Waals surface area contributed by atoms with Gasteiger partial charge >= 0.3 is 11.8 Å². The van der Waals surface area contributed by atoms with E-state index in [1.165, 1.54) is 6.07 Å². The third-order valence-electron chi connectivity index (χ3n) is 2.67. The zero-order valence-electron chi connectivity index (χ0n) is 10.7. The number of aromatic nitrogens is 4. The van der Waals surface area contributed by atoms with Crippen LogP contribution in [-0.4, -0.2) is 20.3 Å². The van der Waals surface area contributed by atoms with Crippen LogP contribution >= 0.6 is 0 Å². The summed E-state index contributed by atoms with van der Waals surface area (Å²) in [5.74, 6) is 0.528. The van der Waals surface area contributed by atoms with Gasteiger partial charge < -0.3 is 9.05 Å². The van der Waals surface area contributed by atoms with E-state index < -0.39 is 5.82 Å². The highest BCUT2D eigenvalue weighted by molar-refractivity contribution is 5.56. The Morgan fingerprint density at radius 3 is 2.60 bits per heavy atom. The van der Waals surface area contributed by atoms with Crippen molar-refractivity contribution in [3.63, 3.8) is 0 Å². The third kappa shape index (κ3) is 2.29. The van der Waals surface area contributed by atoms with E-state index in [0.717, 1.165) is 6.42 Å². The van der Waals surface area contributed by atoms with Crippen molar-refractivity contribution in [2.24, 2.45) is 0 Å². The normalized spacial score (nSPS) is 10.9. The van der Waals surface area contributed by atoms with Crippen LogP contribution in [0.25, 0.3) is 23.2 Å². The van der Waals surface area contributed by atoms with Gasteiger partial charge in [0.2, 0.25) is 5.82 Å². The SMILES string of the molecule is CCCc1noc(-c2nc(-c3ccccc3F)no2)n1. The van der Waals surface area contributed by atoms with E-state index in [2.05, 4.69) is 20.3 Å². The second kappa shape index (κ2) is 5.20. The van der Waals surface area contributed by atoms with Gasteiger partial charge in [-0.3, -0.25) is 0 Å². The predicted octanol–water partition coefficient (Wildman–Crippen LogP) is 2.88. The summed E-state index contributed by atoms with van der Waals surface area (Å²) in [5.41, 5.74) is 0.260. The summed E-state index contributed by atoms with van der Waals surface area (Å²) in [6.07, 6.45) is 1.61. The molecule has 0 fully saturated rings. The lowest BCUT2D eigenvalue weighted by atomic mass is 10.2. The molecule has 0 unspecified atom stereocenters. The van der Waals surface area contributed by atoms with Crippen molar-refractivity contribution >= 4 is 0 Å². The molecule has 0 amide bonds. The number of hydrogen-bond donors (Lipinski definition) is 0. The Hall–Kier alpha value is -2.57. The molecule has 3 rings (SSSR count). The fourth-order valence-corrected chi connectivity index (χ4v) is 1.73. The topological polar surface area (TPSA) is 77.8 Å². The lowest BCUT2D eigenvalue weighted by molar-refractivity contribution is 0.379. The van der Waals surface area contributed by atoms with Gasteiger partial charge in [0.25, 0.3) is 0 Å². The maximum atomic E-state index is 13.6. The van der Waals surface area contributed by atoms with Crippen molar-refractivity contribution in [3.8, 4) is 23.2 Å². The second-order valence-corrected chi connectivity index (χ2v) is 4.17. The first-order valence-electron chi connectivity index (χ1n) is 6.19. The van der Waals surface area contributed by atoms with Crippen molar-refractivity contribution < 1.29 is 13.4 Å². The molecule has 6 nitrogen and oxygen atoms in total. The minimum atomic E-state index is -0.419. The van der Waals surface area contributed by atoms with E-state index in [0.29, 0.717) is 12.2 Å². The standard InChI is InChI=1S/C13H11FN4O2/c1-2-5-10-15-12(19-17-10)13-16-11(18-20-13)8-6-3-4-7-9(8)14/h3-4,6-7H,2,5H2,1H3. The van der Waals surface area contributed by atoms with Gasteiger partial charge in [0.1, 0.15) is 5.82 Å². The van der Waals surface area contributed by atoms with Gasteiger partial charge in [-0.1, -0.05) is 29.4 Å². The van der Waals surface area contributed by atoms with Gasteiger partial charge in [0, 0.05) is 6.42 Å². The molecule has 102 valence electrons. The molecule has 0 N–H and O–H groups in total. The molecule has 0 radical (unpaired) electrons. The summed E-state index contributed by atoms with van der Waals surface area (Å²) in [4.78, 5) is 8.20. The molecule has 7 heteroatoms. The molecule has 2 heterocycles. The lowest BCUT2D eigenvalue weighted by Crippen LogP contribution is -1.86. The maximum Gasteiger partial charge on any atom is 0.316 e. The van der Waals surface area contributed by atoms with Gasteiger partial charge in [0.15, 0.2) is 5.82 Å². The zero-order chi connectivity index (χ0) is 13.9. The van der Waals surface area contributed by atoms with Crippen LogP contribution < -0.4 is 0 Å². The molecule has 1 aromatic carbocycles. The first-order valence-corrected chi connectivity index (χ1v) is 6.19. The number of hydrogen-bond acceptors (Lipinski definition) is 6. The van der Waals surface area contributed by atoms with E-state index in [1.807, 2.05) is 6.92 Å². The molecule has 0 bridgehead atoms. The molecule has 0 atom stereocenters. The number of aryl methyl sites for hydroxylation is 1. The second-order valence-electron chi connectivity index (χ2n) is 4.17. The van der Waals surface area contributed by atoms with E-state index in [4.69, 9.17) is 9.05 Å². The number of nitrogens with zero attached hydrogens (tertiary/aromatic N) is 4. The van der Waals surface area contributed by atoms with Crippen LogP contribution in [0.15, 0.2) is 33.3 Å². The molecular formula is C13H11FN4O2. The van der Waals surface area contributed by atoms with Crippen molar-refractivity contribution in [2.45, 2.75) is 19.8 Å². The van der Waals surface area contributed by atoms with Crippen molar-refractivity contribution in [1.29, 1.82) is 0 Å². The van der Waals surface area contributed by atoms with Crippen LogP contribution in [0.5, 0.6) is 0 Å². The Morgan fingerprint density at radius 2 is 1.80 bits per heavy atom. The molecule has 20 heavy (non-hydrogen) atoms. The summed E-state index contributed by atoms with van der Waals surface area (Å²) >= 11 is 0. The highest BCUT2D eigenvalue weighted by Crippen LogP contribution is 2.23. The van der Waals surface area contributed by atoms with Crippen molar-refractivity contribution in [1.82, 2.24) is 20.3 Å². The molecule has 0 aliphatic rings. The number of rotatable bonds is 4. The maximum absolute atomic E-state index is 13.6. The van der Waals surface area contributed by atoms with E-state index >= 15 is 0 Å². The van der Waals surface area contributed by atoms with E-state index in [-0.39, 0.29) is 23.2 Å². The molecule has 0 aliphatic heterocycles. The fraction of sp³-hybridized carbons (Fsp3) is 0.231. The Morgan fingerprint density at radius 1 is 1.05 bits per heavy atom. The summed E-state index contributed by atoms with van der Waals surface area (Å²) in [5, 5.41) is 7.52. The fourth-order valence-electron chi connectivity index (χ4n) is 1.73. The summed E-state index contributed by atoms with van der Waals surface area (Å²) in [6, 6.07) is 6.19. The minimum absolute atomic E-state index is 0.0816. The van der Waals surface area contributed by atoms with Crippen LogP contribution in [0, 0.1) is 5.82 Å². The summed E-state index contributed by atoms with van der Waals surface area (Å²) in [6.45, 7) is 2.01. The van der Waals surface area contributed by atoms with Crippen LogP contribution in [0.3, 0.4) is 0 Å². The predicted molar refractivity (Wildman–Crippen MR) is 67.0 cm³/mol. The molecule has 0 aliphatic carbocycles. The minimum Gasteiger partial charge on any atom is -0.329 e. The van der Waals surface area contributed by atoms with Crippen LogP contribution in [0.2, 0.25) is 0 Å². The van der Waals surface area contributed by atoms with Gasteiger partial charge in [-0.05, 0) is 18.6 Å². The zero-order valence-corrected chi connectivity index (χ0v) is 10.7. The van der Waals surface area contributed by atoms with Crippen LogP contribution in [0.1, 0.15) is 19.2 Å². The average molecular weight is 274 g/mol. The molecule has 0 saturated heterocycles. The molecule has 3 aromatic rings. The van der Waals surface area contributed by atoms with Gasteiger partial charge in [-0.2, -0.15) is 9.97 Å².